The summed E-state index contributed by atoms with van der Waals surface area (Å²) in [4.78, 5) is 31.9. The van der Waals surface area contributed by atoms with Gasteiger partial charge in [0.15, 0.2) is 5.65 Å². The molecule has 2 N–H and O–H groups in total. The van der Waals surface area contributed by atoms with Crippen molar-refractivity contribution >= 4 is 34.3 Å². The van der Waals surface area contributed by atoms with Gasteiger partial charge in [0.1, 0.15) is 29.3 Å². The molecule has 6 aromatic rings. The van der Waals surface area contributed by atoms with E-state index in [1.807, 2.05) is 38.3 Å². The van der Waals surface area contributed by atoms with Gasteiger partial charge < -0.3 is 5.73 Å². The molecule has 0 saturated heterocycles. The molecule has 0 aliphatic heterocycles. The van der Waals surface area contributed by atoms with Crippen molar-refractivity contribution in [2.45, 2.75) is 24.9 Å². The van der Waals surface area contributed by atoms with Gasteiger partial charge in [-0.3, -0.25) is 9.20 Å². The molecule has 39 heavy (non-hydrogen) atoms. The highest BCUT2D eigenvalue weighted by Gasteiger charge is 2.26. The van der Waals surface area contributed by atoms with Gasteiger partial charge in [0.2, 0.25) is 0 Å². The zero-order chi connectivity index (χ0) is 27.3. The number of nitrogens with two attached hydrogens (primary N) is 1. The molecular weight excluding hydrogens is 515 g/mol. The minimum Gasteiger partial charge on any atom is -0.383 e. The van der Waals surface area contributed by atoms with Crippen LogP contribution in [0.15, 0.2) is 77.1 Å². The summed E-state index contributed by atoms with van der Waals surface area (Å²) in [5.74, 6) is -0.178. The number of hydrogen-bond donors (Lipinski definition) is 1. The summed E-state index contributed by atoms with van der Waals surface area (Å²) in [6.45, 7) is 3.77. The van der Waals surface area contributed by atoms with E-state index in [9.17, 15) is 9.18 Å². The summed E-state index contributed by atoms with van der Waals surface area (Å²) in [6, 6.07) is 12.9. The summed E-state index contributed by atoms with van der Waals surface area (Å²) in [5.41, 5.74) is 10.3. The molecular formula is C28H23FN8OS. The normalized spacial score (nSPS) is 12.3. The molecule has 5 aromatic heterocycles. The van der Waals surface area contributed by atoms with Gasteiger partial charge >= 0.3 is 0 Å². The Morgan fingerprint density at radius 1 is 1.05 bits per heavy atom. The molecule has 0 spiro atoms. The molecule has 0 aliphatic carbocycles. The predicted molar refractivity (Wildman–Crippen MR) is 150 cm³/mol. The lowest BCUT2D eigenvalue weighted by atomic mass is 10.0. The van der Waals surface area contributed by atoms with Crippen molar-refractivity contribution in [1.29, 1.82) is 0 Å². The molecule has 0 unspecified atom stereocenters. The molecule has 9 nitrogen and oxygen atoms in total. The molecule has 6 rings (SSSR count). The average Bonchev–Trinajstić information content (AvgIpc) is 3.34. The van der Waals surface area contributed by atoms with Gasteiger partial charge in [-0.1, -0.05) is 18.2 Å². The van der Waals surface area contributed by atoms with Crippen LogP contribution in [-0.4, -0.2) is 40.4 Å². The number of hydrogen-bond acceptors (Lipinski definition) is 8. The third-order valence-corrected chi connectivity index (χ3v) is 7.27. The fourth-order valence-corrected chi connectivity index (χ4v) is 5.07. The second-order valence-electron chi connectivity index (χ2n) is 9.14. The summed E-state index contributed by atoms with van der Waals surface area (Å²) in [7, 11) is 0. The highest BCUT2D eigenvalue weighted by atomic mass is 32.2. The van der Waals surface area contributed by atoms with E-state index >= 15 is 0 Å². The summed E-state index contributed by atoms with van der Waals surface area (Å²) >= 11 is 1.54. The Morgan fingerprint density at radius 2 is 1.90 bits per heavy atom. The van der Waals surface area contributed by atoms with Crippen LogP contribution in [0.1, 0.15) is 24.2 Å². The van der Waals surface area contributed by atoms with Gasteiger partial charge in [0.05, 0.1) is 27.7 Å². The average molecular weight is 539 g/mol. The van der Waals surface area contributed by atoms with E-state index < -0.39 is 11.9 Å². The van der Waals surface area contributed by atoms with Crippen molar-refractivity contribution in [3.63, 3.8) is 0 Å². The van der Waals surface area contributed by atoms with Crippen LogP contribution in [0.3, 0.4) is 0 Å². The Balaban J connectivity index is 1.63. The number of anilines is 1. The van der Waals surface area contributed by atoms with E-state index in [0.717, 1.165) is 16.2 Å². The Kier molecular flexibility index (Phi) is 6.07. The van der Waals surface area contributed by atoms with E-state index in [0.29, 0.717) is 33.6 Å². The number of nitrogens with zero attached hydrogens (tertiary/aromatic N) is 7. The summed E-state index contributed by atoms with van der Waals surface area (Å²) < 4.78 is 17.5. The predicted octanol–water partition coefficient (Wildman–Crippen LogP) is 4.92. The first kappa shape index (κ1) is 24.7. The van der Waals surface area contributed by atoms with Gasteiger partial charge in [-0.2, -0.15) is 5.10 Å². The van der Waals surface area contributed by atoms with Crippen molar-refractivity contribution in [3.8, 4) is 22.4 Å². The summed E-state index contributed by atoms with van der Waals surface area (Å²) in [6.07, 6.45) is 6.79. The van der Waals surface area contributed by atoms with E-state index in [1.54, 1.807) is 35.3 Å². The Morgan fingerprint density at radius 3 is 2.64 bits per heavy atom. The van der Waals surface area contributed by atoms with Crippen molar-refractivity contribution < 1.29 is 4.39 Å². The van der Waals surface area contributed by atoms with Crippen LogP contribution >= 0.6 is 11.8 Å². The molecule has 0 saturated carbocycles. The first-order valence-corrected chi connectivity index (χ1v) is 13.4. The minimum atomic E-state index is -0.578. The zero-order valence-electron chi connectivity index (χ0n) is 21.3. The lowest BCUT2D eigenvalue weighted by Gasteiger charge is -2.18. The fraction of sp³-hybridized carbons (Fsp3) is 0.143. The number of aromatic nitrogens is 7. The van der Waals surface area contributed by atoms with E-state index in [-0.39, 0.29) is 16.9 Å². The molecule has 0 radical (unpaired) electrons. The number of thioether (sulfide) groups is 1. The third kappa shape index (κ3) is 4.20. The van der Waals surface area contributed by atoms with Crippen molar-refractivity contribution in [3.05, 3.63) is 94.7 Å². The Labute approximate surface area is 226 Å². The van der Waals surface area contributed by atoms with Crippen LogP contribution < -0.4 is 11.3 Å². The highest BCUT2D eigenvalue weighted by molar-refractivity contribution is 7.98. The number of benzene rings is 1. The molecule has 1 atom stereocenters. The first-order valence-electron chi connectivity index (χ1n) is 12.1. The van der Waals surface area contributed by atoms with Crippen LogP contribution in [0.2, 0.25) is 0 Å². The quantitative estimate of drug-likeness (QED) is 0.307. The second-order valence-corrected chi connectivity index (χ2v) is 9.96. The van der Waals surface area contributed by atoms with Crippen LogP contribution in [-0.2, 0) is 0 Å². The molecule has 1 aromatic carbocycles. The smallest absolute Gasteiger partial charge is 0.266 e. The molecule has 11 heteroatoms. The van der Waals surface area contributed by atoms with E-state index in [2.05, 4.69) is 15.0 Å². The highest BCUT2D eigenvalue weighted by Crippen LogP contribution is 2.35. The largest absolute Gasteiger partial charge is 0.383 e. The molecule has 194 valence electrons. The summed E-state index contributed by atoms with van der Waals surface area (Å²) in [5, 5.41) is 6.34. The zero-order valence-corrected chi connectivity index (χ0v) is 22.1. The Bertz CT molecular complexity index is 1930. The van der Waals surface area contributed by atoms with Crippen molar-refractivity contribution in [1.82, 2.24) is 34.1 Å². The number of aryl methyl sites for hydroxylation is 1. The maximum absolute atomic E-state index is 14.3. The van der Waals surface area contributed by atoms with Crippen LogP contribution in [0.25, 0.3) is 39.1 Å². The SMILES string of the molecule is CSc1ccc(-c2nn([C@@H](C)c3nc4ccc(C)cn4c(=O)c3-c3cccc(F)c3)c3ncnc(N)c23)cn1. The second kappa shape index (κ2) is 9.59. The molecule has 0 aliphatic rings. The number of nitrogen functional groups attached to an aromatic ring is 1. The number of pyridine rings is 2. The maximum atomic E-state index is 14.3. The van der Waals surface area contributed by atoms with Gasteiger partial charge in [-0.25, -0.2) is 29.0 Å². The van der Waals surface area contributed by atoms with Crippen molar-refractivity contribution in [2.75, 3.05) is 12.0 Å². The van der Waals surface area contributed by atoms with Crippen LogP contribution in [0.5, 0.6) is 0 Å². The van der Waals surface area contributed by atoms with E-state index in [4.69, 9.17) is 15.8 Å². The topological polar surface area (TPSA) is 117 Å². The van der Waals surface area contributed by atoms with Crippen molar-refractivity contribution in [2.24, 2.45) is 0 Å². The maximum Gasteiger partial charge on any atom is 0.266 e. The van der Waals surface area contributed by atoms with Crippen LogP contribution in [0, 0.1) is 12.7 Å². The first-order chi connectivity index (χ1) is 18.9. The van der Waals surface area contributed by atoms with Gasteiger partial charge in [0.25, 0.3) is 5.56 Å². The number of halogens is 1. The number of rotatable bonds is 5. The van der Waals surface area contributed by atoms with Gasteiger partial charge in [-0.05, 0) is 61.6 Å². The van der Waals surface area contributed by atoms with Crippen LogP contribution in [0.4, 0.5) is 10.2 Å². The number of fused-ring (bicyclic) bond motifs is 2. The lowest BCUT2D eigenvalue weighted by molar-refractivity contribution is 0.567. The molecule has 0 fully saturated rings. The standard InChI is InChI=1S/C28H23FN8OS/c1-15-7-9-20-34-24(22(28(38)36(20)13-15)17-5-4-6-19(29)11-17)16(2)37-27-23(26(30)32-14-33-27)25(35-37)18-8-10-21(39-3)31-12-18/h4-14,16H,1-3H3,(H2,30,32,33)/t16-/m0/s1. The van der Waals surface area contributed by atoms with Gasteiger partial charge in [0, 0.05) is 18.0 Å². The monoisotopic (exact) mass is 538 g/mol. The third-order valence-electron chi connectivity index (χ3n) is 6.61. The minimum absolute atomic E-state index is 0.273. The fourth-order valence-electron chi connectivity index (χ4n) is 4.70. The molecule has 0 amide bonds. The molecule has 5 heterocycles. The van der Waals surface area contributed by atoms with Gasteiger partial charge in [-0.15, -0.1) is 11.8 Å². The lowest BCUT2D eigenvalue weighted by Crippen LogP contribution is -2.23. The van der Waals surface area contributed by atoms with E-state index in [1.165, 1.54) is 34.6 Å². The Hall–Kier alpha value is -4.64. The molecule has 0 bridgehead atoms.